The standard InChI is InChI=1S/C12H16N2O2/c1-9-13-10-6-4-5-7-11(10)14(9)8-12(15-2)16-3/h4-7,12H,8H2,1-3H3. The van der Waals surface area contributed by atoms with Gasteiger partial charge in [-0.15, -0.1) is 0 Å². The summed E-state index contributed by atoms with van der Waals surface area (Å²) in [4.78, 5) is 4.49. The van der Waals surface area contributed by atoms with E-state index in [0.29, 0.717) is 6.54 Å². The lowest BCUT2D eigenvalue weighted by atomic mass is 10.3. The number of imidazole rings is 1. The summed E-state index contributed by atoms with van der Waals surface area (Å²) in [5.41, 5.74) is 2.12. The van der Waals surface area contributed by atoms with E-state index in [2.05, 4.69) is 15.6 Å². The number of benzene rings is 1. The second kappa shape index (κ2) is 4.63. The van der Waals surface area contributed by atoms with Crippen molar-refractivity contribution in [2.24, 2.45) is 0 Å². The first kappa shape index (κ1) is 11.1. The van der Waals surface area contributed by atoms with Crippen LogP contribution in [0.2, 0.25) is 0 Å². The van der Waals surface area contributed by atoms with Crippen LogP contribution in [-0.2, 0) is 16.0 Å². The van der Waals surface area contributed by atoms with Crippen LogP contribution in [0.15, 0.2) is 24.3 Å². The molecule has 0 aliphatic heterocycles. The Morgan fingerprint density at radius 3 is 2.62 bits per heavy atom. The van der Waals surface area contributed by atoms with E-state index in [1.807, 2.05) is 25.1 Å². The van der Waals surface area contributed by atoms with E-state index in [-0.39, 0.29) is 6.29 Å². The molecular weight excluding hydrogens is 204 g/mol. The fourth-order valence-electron chi connectivity index (χ4n) is 1.82. The number of fused-ring (bicyclic) bond motifs is 1. The van der Waals surface area contributed by atoms with Crippen molar-refractivity contribution in [3.63, 3.8) is 0 Å². The molecule has 0 atom stereocenters. The van der Waals surface area contributed by atoms with Crippen molar-refractivity contribution in [1.82, 2.24) is 9.55 Å². The third kappa shape index (κ3) is 1.94. The van der Waals surface area contributed by atoms with E-state index in [4.69, 9.17) is 9.47 Å². The summed E-state index contributed by atoms with van der Waals surface area (Å²) < 4.78 is 12.5. The molecule has 16 heavy (non-hydrogen) atoms. The predicted octanol–water partition coefficient (Wildman–Crippen LogP) is 1.96. The number of para-hydroxylation sites is 2. The minimum Gasteiger partial charge on any atom is -0.354 e. The lowest BCUT2D eigenvalue weighted by Gasteiger charge is -2.15. The molecule has 0 fully saturated rings. The molecule has 0 aliphatic rings. The Morgan fingerprint density at radius 2 is 1.94 bits per heavy atom. The van der Waals surface area contributed by atoms with E-state index in [1.165, 1.54) is 0 Å². The van der Waals surface area contributed by atoms with Gasteiger partial charge in [-0.2, -0.15) is 0 Å². The van der Waals surface area contributed by atoms with Crippen LogP contribution in [-0.4, -0.2) is 30.1 Å². The first-order valence-electron chi connectivity index (χ1n) is 5.23. The van der Waals surface area contributed by atoms with Gasteiger partial charge in [-0.3, -0.25) is 0 Å². The van der Waals surface area contributed by atoms with Gasteiger partial charge in [-0.1, -0.05) is 12.1 Å². The van der Waals surface area contributed by atoms with Crippen LogP contribution >= 0.6 is 0 Å². The summed E-state index contributed by atoms with van der Waals surface area (Å²) in [5, 5.41) is 0. The molecule has 0 unspecified atom stereocenters. The predicted molar refractivity (Wildman–Crippen MR) is 62.3 cm³/mol. The molecule has 0 radical (unpaired) electrons. The topological polar surface area (TPSA) is 36.3 Å². The van der Waals surface area contributed by atoms with Gasteiger partial charge in [0.2, 0.25) is 0 Å². The Kier molecular flexibility index (Phi) is 3.22. The van der Waals surface area contributed by atoms with Crippen LogP contribution in [0.3, 0.4) is 0 Å². The minimum atomic E-state index is -0.240. The SMILES string of the molecule is COC(Cn1c(C)nc2ccccc21)OC. The highest BCUT2D eigenvalue weighted by Crippen LogP contribution is 2.16. The third-order valence-corrected chi connectivity index (χ3v) is 2.70. The molecule has 86 valence electrons. The summed E-state index contributed by atoms with van der Waals surface area (Å²) >= 11 is 0. The van der Waals surface area contributed by atoms with E-state index >= 15 is 0 Å². The summed E-state index contributed by atoms with van der Waals surface area (Å²) in [6.45, 7) is 2.64. The van der Waals surface area contributed by atoms with Gasteiger partial charge in [0.25, 0.3) is 0 Å². The van der Waals surface area contributed by atoms with Crippen LogP contribution in [0.1, 0.15) is 5.82 Å². The van der Waals surface area contributed by atoms with Gasteiger partial charge < -0.3 is 14.0 Å². The molecular formula is C12H16N2O2. The van der Waals surface area contributed by atoms with Gasteiger partial charge in [-0.05, 0) is 19.1 Å². The molecule has 4 nitrogen and oxygen atoms in total. The molecule has 0 amide bonds. The summed E-state index contributed by atoms with van der Waals surface area (Å²) in [6, 6.07) is 8.06. The average Bonchev–Trinajstić information content (AvgIpc) is 2.62. The van der Waals surface area contributed by atoms with E-state index in [9.17, 15) is 0 Å². The molecule has 1 heterocycles. The maximum Gasteiger partial charge on any atom is 0.174 e. The van der Waals surface area contributed by atoms with Crippen molar-refractivity contribution in [3.8, 4) is 0 Å². The summed E-state index contributed by atoms with van der Waals surface area (Å²) in [7, 11) is 3.28. The van der Waals surface area contributed by atoms with Crippen molar-refractivity contribution in [2.75, 3.05) is 14.2 Å². The zero-order valence-corrected chi connectivity index (χ0v) is 9.80. The van der Waals surface area contributed by atoms with Gasteiger partial charge in [0.15, 0.2) is 6.29 Å². The van der Waals surface area contributed by atoms with Gasteiger partial charge in [0.05, 0.1) is 17.6 Å². The first-order valence-corrected chi connectivity index (χ1v) is 5.23. The molecule has 2 rings (SSSR count). The fraction of sp³-hybridized carbons (Fsp3) is 0.417. The number of methoxy groups -OCH3 is 2. The molecule has 0 spiro atoms. The van der Waals surface area contributed by atoms with Crippen LogP contribution < -0.4 is 0 Å². The lowest BCUT2D eigenvalue weighted by molar-refractivity contribution is -0.110. The van der Waals surface area contributed by atoms with Crippen LogP contribution in [0, 0.1) is 6.92 Å². The monoisotopic (exact) mass is 220 g/mol. The van der Waals surface area contributed by atoms with Crippen molar-refractivity contribution in [2.45, 2.75) is 19.8 Å². The maximum absolute atomic E-state index is 5.21. The van der Waals surface area contributed by atoms with Gasteiger partial charge in [0, 0.05) is 14.2 Å². The average molecular weight is 220 g/mol. The highest BCUT2D eigenvalue weighted by Gasteiger charge is 2.11. The van der Waals surface area contributed by atoms with Crippen LogP contribution in [0.25, 0.3) is 11.0 Å². The molecule has 4 heteroatoms. The molecule has 2 aromatic rings. The van der Waals surface area contributed by atoms with Crippen molar-refractivity contribution >= 4 is 11.0 Å². The zero-order chi connectivity index (χ0) is 11.5. The number of aryl methyl sites for hydroxylation is 1. The third-order valence-electron chi connectivity index (χ3n) is 2.70. The molecule has 1 aromatic carbocycles. The molecule has 0 aliphatic carbocycles. The number of nitrogens with zero attached hydrogens (tertiary/aromatic N) is 2. The summed E-state index contributed by atoms with van der Waals surface area (Å²) in [6.07, 6.45) is -0.240. The minimum absolute atomic E-state index is 0.240. The summed E-state index contributed by atoms with van der Waals surface area (Å²) in [5.74, 6) is 0.972. The van der Waals surface area contributed by atoms with Gasteiger partial charge >= 0.3 is 0 Å². The van der Waals surface area contributed by atoms with Crippen molar-refractivity contribution < 1.29 is 9.47 Å². The molecule has 0 saturated heterocycles. The number of hydrogen-bond acceptors (Lipinski definition) is 3. The normalized spacial score (nSPS) is 11.5. The Balaban J connectivity index is 2.39. The largest absolute Gasteiger partial charge is 0.354 e. The number of ether oxygens (including phenoxy) is 2. The van der Waals surface area contributed by atoms with Crippen molar-refractivity contribution in [3.05, 3.63) is 30.1 Å². The maximum atomic E-state index is 5.21. The second-order valence-corrected chi connectivity index (χ2v) is 3.66. The van der Waals surface area contributed by atoms with E-state index in [0.717, 1.165) is 16.9 Å². The Hall–Kier alpha value is -1.39. The number of aromatic nitrogens is 2. The molecule has 1 aromatic heterocycles. The quantitative estimate of drug-likeness (QED) is 0.739. The smallest absolute Gasteiger partial charge is 0.174 e. The Labute approximate surface area is 94.8 Å². The molecule has 0 N–H and O–H groups in total. The van der Waals surface area contributed by atoms with Crippen LogP contribution in [0.4, 0.5) is 0 Å². The van der Waals surface area contributed by atoms with Crippen LogP contribution in [0.5, 0.6) is 0 Å². The van der Waals surface area contributed by atoms with Crippen molar-refractivity contribution in [1.29, 1.82) is 0 Å². The first-order chi connectivity index (χ1) is 7.76. The highest BCUT2D eigenvalue weighted by atomic mass is 16.7. The Bertz CT molecular complexity index is 475. The lowest BCUT2D eigenvalue weighted by Crippen LogP contribution is -2.21. The van der Waals surface area contributed by atoms with Gasteiger partial charge in [-0.25, -0.2) is 4.98 Å². The molecule has 0 bridgehead atoms. The van der Waals surface area contributed by atoms with Gasteiger partial charge in [0.1, 0.15) is 5.82 Å². The number of rotatable bonds is 4. The highest BCUT2D eigenvalue weighted by molar-refractivity contribution is 5.75. The second-order valence-electron chi connectivity index (χ2n) is 3.66. The Morgan fingerprint density at radius 1 is 1.25 bits per heavy atom. The molecule has 0 saturated carbocycles. The fourth-order valence-corrected chi connectivity index (χ4v) is 1.82. The van der Waals surface area contributed by atoms with E-state index in [1.54, 1.807) is 14.2 Å². The zero-order valence-electron chi connectivity index (χ0n) is 9.80. The number of hydrogen-bond donors (Lipinski definition) is 0. The van der Waals surface area contributed by atoms with E-state index < -0.39 is 0 Å².